The van der Waals surface area contributed by atoms with Crippen LogP contribution in [0.25, 0.3) is 11.5 Å². The predicted octanol–water partition coefficient (Wildman–Crippen LogP) is 4.29. The third kappa shape index (κ3) is 3.85. The van der Waals surface area contributed by atoms with Gasteiger partial charge in [-0.15, -0.1) is 10.2 Å². The molecule has 6 nitrogen and oxygen atoms in total. The quantitative estimate of drug-likeness (QED) is 0.653. The normalized spacial score (nSPS) is 10.6. The van der Waals surface area contributed by atoms with Crippen LogP contribution in [0.4, 0.5) is 0 Å². The average molecular weight is 361 g/mol. The third-order valence-electron chi connectivity index (χ3n) is 3.54. The fourth-order valence-electron chi connectivity index (χ4n) is 2.26. The summed E-state index contributed by atoms with van der Waals surface area (Å²) in [6.45, 7) is 2.09. The summed E-state index contributed by atoms with van der Waals surface area (Å²) in [6.07, 6.45) is 0. The van der Waals surface area contributed by atoms with Gasteiger partial charge < -0.3 is 18.6 Å². The molecule has 0 bridgehead atoms. The van der Waals surface area contributed by atoms with Crippen LogP contribution in [0.1, 0.15) is 11.5 Å². The summed E-state index contributed by atoms with van der Waals surface area (Å²) in [6, 6.07) is 10.9. The monoisotopic (exact) mass is 360 g/mol. The Labute approximate surface area is 150 Å². The number of aryl methyl sites for hydroxylation is 1. The molecule has 0 aliphatic carbocycles. The first kappa shape index (κ1) is 17.1. The molecule has 3 aromatic rings. The third-order valence-corrected chi connectivity index (χ3v) is 3.85. The van der Waals surface area contributed by atoms with Gasteiger partial charge in [0.05, 0.1) is 19.2 Å². The molecule has 0 unspecified atom stereocenters. The number of rotatable bonds is 6. The van der Waals surface area contributed by atoms with E-state index in [0.29, 0.717) is 34.1 Å². The maximum Gasteiger partial charge on any atom is 0.254 e. The van der Waals surface area contributed by atoms with Gasteiger partial charge in [0.15, 0.2) is 18.1 Å². The summed E-state index contributed by atoms with van der Waals surface area (Å²) in [5.41, 5.74) is 1.78. The molecule has 25 heavy (non-hydrogen) atoms. The lowest BCUT2D eigenvalue weighted by Gasteiger charge is -2.07. The number of benzene rings is 2. The minimum Gasteiger partial charge on any atom is -0.493 e. The molecule has 0 aliphatic rings. The van der Waals surface area contributed by atoms with E-state index in [1.807, 2.05) is 25.1 Å². The van der Waals surface area contributed by atoms with Gasteiger partial charge in [0, 0.05) is 5.56 Å². The Morgan fingerprint density at radius 2 is 1.76 bits per heavy atom. The number of hydrogen-bond donors (Lipinski definition) is 0. The molecule has 130 valence electrons. The van der Waals surface area contributed by atoms with E-state index in [2.05, 4.69) is 10.2 Å². The molecule has 0 N–H and O–H groups in total. The first-order valence-electron chi connectivity index (χ1n) is 7.54. The van der Waals surface area contributed by atoms with Crippen LogP contribution in [0.2, 0.25) is 5.02 Å². The number of methoxy groups -OCH3 is 2. The standard InChI is InChI=1S/C18H17ClN2O4/c1-11-4-6-13(19)15(8-11)24-10-17-20-21-18(25-17)12-5-7-14(22-2)16(9-12)23-3/h4-9H,10H2,1-3H3. The number of hydrogen-bond acceptors (Lipinski definition) is 6. The molecular weight excluding hydrogens is 344 g/mol. The second kappa shape index (κ2) is 7.44. The van der Waals surface area contributed by atoms with Crippen molar-refractivity contribution in [3.63, 3.8) is 0 Å². The van der Waals surface area contributed by atoms with Crippen molar-refractivity contribution in [1.29, 1.82) is 0 Å². The lowest BCUT2D eigenvalue weighted by Crippen LogP contribution is -1.96. The Bertz CT molecular complexity index is 879. The summed E-state index contributed by atoms with van der Waals surface area (Å²) in [7, 11) is 3.15. The minimum atomic E-state index is 0.128. The van der Waals surface area contributed by atoms with Crippen LogP contribution in [0.15, 0.2) is 40.8 Å². The molecule has 0 saturated heterocycles. The predicted molar refractivity (Wildman–Crippen MR) is 93.4 cm³/mol. The molecule has 0 saturated carbocycles. The SMILES string of the molecule is COc1ccc(-c2nnc(COc3cc(C)ccc3Cl)o2)cc1OC. The van der Waals surface area contributed by atoms with Gasteiger partial charge in [-0.1, -0.05) is 17.7 Å². The van der Waals surface area contributed by atoms with Gasteiger partial charge in [-0.25, -0.2) is 0 Å². The fraction of sp³-hybridized carbons (Fsp3) is 0.222. The second-order valence-corrected chi connectivity index (χ2v) is 5.70. The van der Waals surface area contributed by atoms with Gasteiger partial charge in [0.1, 0.15) is 5.75 Å². The molecule has 0 amide bonds. The topological polar surface area (TPSA) is 66.6 Å². The molecule has 0 spiro atoms. The van der Waals surface area contributed by atoms with E-state index >= 15 is 0 Å². The first-order chi connectivity index (χ1) is 12.1. The van der Waals surface area contributed by atoms with Crippen LogP contribution in [0.5, 0.6) is 17.2 Å². The summed E-state index contributed by atoms with van der Waals surface area (Å²) in [5.74, 6) is 2.51. The highest BCUT2D eigenvalue weighted by atomic mass is 35.5. The first-order valence-corrected chi connectivity index (χ1v) is 7.92. The highest BCUT2D eigenvalue weighted by molar-refractivity contribution is 6.32. The maximum atomic E-state index is 6.11. The van der Waals surface area contributed by atoms with Crippen molar-refractivity contribution < 1.29 is 18.6 Å². The Hall–Kier alpha value is -2.73. The van der Waals surface area contributed by atoms with E-state index in [1.54, 1.807) is 32.4 Å². The Morgan fingerprint density at radius 1 is 0.960 bits per heavy atom. The Balaban J connectivity index is 1.75. The largest absolute Gasteiger partial charge is 0.493 e. The Morgan fingerprint density at radius 3 is 2.52 bits per heavy atom. The lowest BCUT2D eigenvalue weighted by atomic mass is 10.2. The van der Waals surface area contributed by atoms with Crippen LogP contribution in [0, 0.1) is 6.92 Å². The molecule has 0 radical (unpaired) electrons. The number of halogens is 1. The summed E-state index contributed by atoms with van der Waals surface area (Å²) in [4.78, 5) is 0. The second-order valence-electron chi connectivity index (χ2n) is 5.29. The van der Waals surface area contributed by atoms with Gasteiger partial charge >= 0.3 is 0 Å². The fourth-order valence-corrected chi connectivity index (χ4v) is 2.43. The van der Waals surface area contributed by atoms with E-state index in [1.165, 1.54) is 0 Å². The molecule has 7 heteroatoms. The van der Waals surface area contributed by atoms with Crippen LogP contribution >= 0.6 is 11.6 Å². The van der Waals surface area contributed by atoms with E-state index in [-0.39, 0.29) is 6.61 Å². The summed E-state index contributed by atoms with van der Waals surface area (Å²) in [5, 5.41) is 8.58. The van der Waals surface area contributed by atoms with Gasteiger partial charge in [0.2, 0.25) is 5.89 Å². The molecule has 2 aromatic carbocycles. The van der Waals surface area contributed by atoms with Crippen LogP contribution in [-0.2, 0) is 6.61 Å². The van der Waals surface area contributed by atoms with Crippen molar-refractivity contribution >= 4 is 11.6 Å². The number of aromatic nitrogens is 2. The van der Waals surface area contributed by atoms with E-state index in [0.717, 1.165) is 11.1 Å². The van der Waals surface area contributed by atoms with Crippen LogP contribution in [0.3, 0.4) is 0 Å². The van der Waals surface area contributed by atoms with Gasteiger partial charge in [-0.3, -0.25) is 0 Å². The van der Waals surface area contributed by atoms with Crippen molar-refractivity contribution in [1.82, 2.24) is 10.2 Å². The molecule has 1 heterocycles. The van der Waals surface area contributed by atoms with Gasteiger partial charge in [0.25, 0.3) is 5.89 Å². The molecule has 0 fully saturated rings. The number of nitrogens with zero attached hydrogens (tertiary/aromatic N) is 2. The smallest absolute Gasteiger partial charge is 0.254 e. The zero-order valence-electron chi connectivity index (χ0n) is 14.1. The van der Waals surface area contributed by atoms with Crippen LogP contribution in [-0.4, -0.2) is 24.4 Å². The lowest BCUT2D eigenvalue weighted by molar-refractivity contribution is 0.264. The van der Waals surface area contributed by atoms with E-state index in [4.69, 9.17) is 30.2 Å². The van der Waals surface area contributed by atoms with E-state index in [9.17, 15) is 0 Å². The molecule has 0 aliphatic heterocycles. The molecule has 1 aromatic heterocycles. The molecular formula is C18H17ClN2O4. The van der Waals surface area contributed by atoms with Crippen molar-refractivity contribution in [3.8, 4) is 28.7 Å². The average Bonchev–Trinajstić information content (AvgIpc) is 3.11. The zero-order valence-corrected chi connectivity index (χ0v) is 14.8. The van der Waals surface area contributed by atoms with Crippen LogP contribution < -0.4 is 14.2 Å². The molecule has 3 rings (SSSR count). The zero-order chi connectivity index (χ0) is 17.8. The highest BCUT2D eigenvalue weighted by Crippen LogP contribution is 2.32. The maximum absolute atomic E-state index is 6.11. The van der Waals surface area contributed by atoms with Gasteiger partial charge in [-0.05, 0) is 42.8 Å². The summed E-state index contributed by atoms with van der Waals surface area (Å²) >= 11 is 6.11. The van der Waals surface area contributed by atoms with Crippen molar-refractivity contribution in [3.05, 3.63) is 52.9 Å². The van der Waals surface area contributed by atoms with Gasteiger partial charge in [-0.2, -0.15) is 0 Å². The highest BCUT2D eigenvalue weighted by Gasteiger charge is 2.13. The molecule has 0 atom stereocenters. The van der Waals surface area contributed by atoms with Crippen molar-refractivity contribution in [2.75, 3.05) is 14.2 Å². The van der Waals surface area contributed by atoms with Crippen molar-refractivity contribution in [2.45, 2.75) is 13.5 Å². The van der Waals surface area contributed by atoms with Crippen molar-refractivity contribution in [2.24, 2.45) is 0 Å². The minimum absolute atomic E-state index is 0.128. The number of ether oxygens (including phenoxy) is 3. The van der Waals surface area contributed by atoms with E-state index < -0.39 is 0 Å². The summed E-state index contributed by atoms with van der Waals surface area (Å²) < 4.78 is 21.8. The Kier molecular flexibility index (Phi) is 5.09.